The molecule has 0 nitrogen and oxygen atoms in total. The summed E-state index contributed by atoms with van der Waals surface area (Å²) in [5.41, 5.74) is 3.07. The van der Waals surface area contributed by atoms with Crippen LogP contribution >= 0.6 is 0 Å². The summed E-state index contributed by atoms with van der Waals surface area (Å²) in [6.45, 7) is 0. The first-order valence-corrected chi connectivity index (χ1v) is 7.33. The molecule has 3 aliphatic carbocycles. The van der Waals surface area contributed by atoms with E-state index in [-0.39, 0.29) is 33.8 Å². The Morgan fingerprint density at radius 2 is 0.444 bits per heavy atom. The van der Waals surface area contributed by atoms with Crippen molar-refractivity contribution in [1.82, 2.24) is 0 Å². The second-order valence-corrected chi connectivity index (χ2v) is 5.08. The zero-order valence-corrected chi connectivity index (χ0v) is 18.4. The molecule has 0 aliphatic heterocycles. The SMILES string of the molecule is F[C]1C(F)=C=C(F)C(F)=C1F.F[C]1C(F)=C=C(F)C(F)=C1F.F[C]1C(F)=C=C(F)C(F)=C1F.[F-].[F-].[Sb]. The molecule has 0 spiro atoms. The summed E-state index contributed by atoms with van der Waals surface area (Å²) in [5.74, 6) is -23.9. The van der Waals surface area contributed by atoms with Gasteiger partial charge in [0.2, 0.25) is 35.0 Å². The molecule has 0 aromatic carbocycles. The van der Waals surface area contributed by atoms with E-state index in [1.54, 1.807) is 0 Å². The van der Waals surface area contributed by atoms with Crippen LogP contribution in [0.1, 0.15) is 0 Å². The van der Waals surface area contributed by atoms with E-state index in [1.807, 2.05) is 0 Å². The van der Waals surface area contributed by atoms with Crippen LogP contribution in [0.25, 0.3) is 0 Å². The van der Waals surface area contributed by atoms with Crippen LogP contribution in [-0.4, -0.2) is 24.4 Å². The van der Waals surface area contributed by atoms with Crippen molar-refractivity contribution < 1.29 is 75.3 Å². The summed E-state index contributed by atoms with van der Waals surface area (Å²) >= 11 is 0. The van der Waals surface area contributed by atoms with Crippen molar-refractivity contribution in [3.63, 3.8) is 0 Å². The van der Waals surface area contributed by atoms with Crippen molar-refractivity contribution in [3.8, 4) is 0 Å². The van der Waals surface area contributed by atoms with E-state index in [9.17, 15) is 65.9 Å². The van der Waals surface area contributed by atoms with Gasteiger partial charge in [-0.25, -0.2) is 26.3 Å². The van der Waals surface area contributed by atoms with Gasteiger partial charge >= 0.3 is 0 Å². The number of rotatable bonds is 0. The third-order valence-corrected chi connectivity index (χ3v) is 2.97. The number of hydrogen-bond donors (Lipinski definition) is 0. The average Bonchev–Trinajstić information content (AvgIpc) is 2.77. The molecule has 0 unspecified atom stereocenters. The average molecular weight is 661 g/mol. The molecule has 0 saturated carbocycles. The predicted octanol–water partition coefficient (Wildman–Crippen LogP) is 2.50. The minimum atomic E-state index is -2.17. The van der Waals surface area contributed by atoms with E-state index in [0.29, 0.717) is 0 Å². The second kappa shape index (κ2) is 15.5. The van der Waals surface area contributed by atoms with Crippen LogP contribution in [0, 0.1) is 18.5 Å². The quantitative estimate of drug-likeness (QED) is 0.213. The fourth-order valence-electron chi connectivity index (χ4n) is 1.49. The van der Waals surface area contributed by atoms with Gasteiger partial charge in [-0.1, -0.05) is 0 Å². The van der Waals surface area contributed by atoms with Crippen molar-refractivity contribution in [2.45, 2.75) is 0 Å². The van der Waals surface area contributed by atoms with Gasteiger partial charge < -0.3 is 9.41 Å². The first kappa shape index (κ1) is 37.9. The number of halogens is 17. The van der Waals surface area contributed by atoms with Crippen LogP contribution in [0.4, 0.5) is 65.9 Å². The second-order valence-electron chi connectivity index (χ2n) is 5.08. The molecule has 0 saturated heterocycles. The molecule has 3 rings (SSSR count). The van der Waals surface area contributed by atoms with Crippen molar-refractivity contribution in [2.75, 3.05) is 0 Å². The summed E-state index contributed by atoms with van der Waals surface area (Å²) in [6.07, 6.45) is -6.20. The monoisotopic (exact) mass is 660 g/mol. The van der Waals surface area contributed by atoms with Gasteiger partial charge in [0.15, 0.2) is 35.0 Å². The van der Waals surface area contributed by atoms with Gasteiger partial charge in [0.25, 0.3) is 18.5 Å². The van der Waals surface area contributed by atoms with Crippen LogP contribution in [0.5, 0.6) is 0 Å². The molecular weight excluding hydrogens is 661 g/mol. The molecule has 18 heteroatoms. The zero-order chi connectivity index (χ0) is 25.8. The predicted molar refractivity (Wildman–Crippen MR) is 84.8 cm³/mol. The first-order chi connectivity index (χ1) is 15.1. The summed E-state index contributed by atoms with van der Waals surface area (Å²) < 4.78 is 180. The number of allylic oxidation sites excluding steroid dienone is 9. The minimum Gasteiger partial charge on any atom is -1.00 e. The maximum absolute atomic E-state index is 12.0. The van der Waals surface area contributed by atoms with Crippen molar-refractivity contribution >= 4 is 24.4 Å². The third-order valence-electron chi connectivity index (χ3n) is 2.97. The molecule has 0 bridgehead atoms. The first-order valence-electron chi connectivity index (χ1n) is 7.33. The van der Waals surface area contributed by atoms with Gasteiger partial charge in [-0.2, -0.15) is 39.5 Å². The fraction of sp³-hybridized carbons (Fsp3) is 0. The molecule has 0 aromatic heterocycles. The Morgan fingerprint density at radius 1 is 0.278 bits per heavy atom. The van der Waals surface area contributed by atoms with Crippen molar-refractivity contribution in [1.29, 1.82) is 0 Å². The van der Waals surface area contributed by atoms with Gasteiger partial charge in [-0.15, -0.1) is 0 Å². The standard InChI is InChI=1S/3C6F5.2FH.Sb/c3*7-2-1-3(8)5(10)6(11)4(2)9;;;/h;;;2*1H;/p-2. The molecule has 0 heterocycles. The maximum atomic E-state index is 12.0. The third kappa shape index (κ3) is 8.81. The smallest absolute Gasteiger partial charge is 0.270 e. The van der Waals surface area contributed by atoms with Crippen LogP contribution < -0.4 is 9.41 Å². The molecular formula is C18F17Sb-2. The van der Waals surface area contributed by atoms with E-state index in [1.165, 1.54) is 0 Å². The molecule has 0 atom stereocenters. The van der Waals surface area contributed by atoms with Gasteiger partial charge in [-0.3, -0.25) is 0 Å². The Balaban J connectivity index is -0.000000436. The Hall–Kier alpha value is -2.59. The van der Waals surface area contributed by atoms with Gasteiger partial charge in [0.1, 0.15) is 0 Å². The topological polar surface area (TPSA) is 0 Å². The summed E-state index contributed by atoms with van der Waals surface area (Å²) in [7, 11) is 0. The van der Waals surface area contributed by atoms with Crippen molar-refractivity contribution in [2.24, 2.45) is 0 Å². The molecule has 0 amide bonds. The van der Waals surface area contributed by atoms with E-state index in [2.05, 4.69) is 0 Å². The molecule has 3 aliphatic rings. The number of hydrogen-bond acceptors (Lipinski definition) is 0. The van der Waals surface area contributed by atoms with E-state index < -0.39 is 88.4 Å². The van der Waals surface area contributed by atoms with Crippen LogP contribution in [0.2, 0.25) is 0 Å². The minimum absolute atomic E-state index is 0. The Morgan fingerprint density at radius 3 is 0.611 bits per heavy atom. The molecule has 6 radical (unpaired) electrons. The van der Waals surface area contributed by atoms with Gasteiger partial charge in [-0.05, 0) is 17.2 Å². The molecule has 36 heavy (non-hydrogen) atoms. The van der Waals surface area contributed by atoms with Crippen LogP contribution in [-0.2, 0) is 0 Å². The zero-order valence-electron chi connectivity index (χ0n) is 15.9. The molecule has 198 valence electrons. The van der Waals surface area contributed by atoms with E-state index in [4.69, 9.17) is 0 Å². The maximum Gasteiger partial charge on any atom is 0.270 e. The molecule has 0 N–H and O–H groups in total. The fourth-order valence-corrected chi connectivity index (χ4v) is 1.49. The summed E-state index contributed by atoms with van der Waals surface area (Å²) in [5, 5.41) is 0. The van der Waals surface area contributed by atoms with E-state index in [0.717, 1.165) is 17.2 Å². The van der Waals surface area contributed by atoms with Crippen LogP contribution in [0.15, 0.2) is 87.1 Å². The van der Waals surface area contributed by atoms with Gasteiger partial charge in [0, 0.05) is 24.4 Å². The van der Waals surface area contributed by atoms with Crippen LogP contribution in [0.3, 0.4) is 0 Å². The summed E-state index contributed by atoms with van der Waals surface area (Å²) in [6, 6.07) is 0. The largest absolute Gasteiger partial charge is 1.00 e. The van der Waals surface area contributed by atoms with Crippen molar-refractivity contribution in [3.05, 3.63) is 106 Å². The summed E-state index contributed by atoms with van der Waals surface area (Å²) in [4.78, 5) is 0. The molecule has 0 aromatic rings. The Kier molecular flexibility index (Phi) is 16.3. The normalized spacial score (nSPS) is 18.4. The van der Waals surface area contributed by atoms with Gasteiger partial charge in [0.05, 0.1) is 0 Å². The molecule has 0 fully saturated rings. The Bertz CT molecular complexity index is 995. The Labute approximate surface area is 205 Å². The van der Waals surface area contributed by atoms with E-state index >= 15 is 0 Å².